The number of hydrogen-bond donors (Lipinski definition) is 2. The summed E-state index contributed by atoms with van der Waals surface area (Å²) < 4.78 is 0.896. The molecule has 9 heteroatoms. The van der Waals surface area contributed by atoms with E-state index < -0.39 is 5.92 Å². The maximum Gasteiger partial charge on any atom is 0.272 e. The first-order valence-electron chi connectivity index (χ1n) is 7.74. The number of hydrogen-bond acceptors (Lipinski definition) is 7. The number of aromatic amines is 1. The molecular formula is C16H17N5O2S2. The zero-order valence-corrected chi connectivity index (χ0v) is 15.4. The predicted octanol–water partition coefficient (Wildman–Crippen LogP) is 2.10. The van der Waals surface area contributed by atoms with Gasteiger partial charge >= 0.3 is 0 Å². The molecule has 2 heterocycles. The lowest BCUT2D eigenvalue weighted by Gasteiger charge is -2.13. The van der Waals surface area contributed by atoms with Crippen LogP contribution in [0.25, 0.3) is 10.8 Å². The van der Waals surface area contributed by atoms with E-state index >= 15 is 0 Å². The summed E-state index contributed by atoms with van der Waals surface area (Å²) in [5, 5.41) is 19.6. The van der Waals surface area contributed by atoms with Crippen LogP contribution in [0.15, 0.2) is 33.4 Å². The average molecular weight is 375 g/mol. The molecule has 1 unspecified atom stereocenters. The molecule has 0 aliphatic rings. The second-order valence-electron chi connectivity index (χ2n) is 5.43. The maximum atomic E-state index is 12.4. The van der Waals surface area contributed by atoms with Gasteiger partial charge in [-0.1, -0.05) is 41.3 Å². The summed E-state index contributed by atoms with van der Waals surface area (Å²) in [6, 6.07) is 7.16. The molecule has 2 aromatic heterocycles. The molecule has 0 fully saturated rings. The Morgan fingerprint density at radius 1 is 1.32 bits per heavy atom. The van der Waals surface area contributed by atoms with Crippen molar-refractivity contribution in [2.45, 2.75) is 24.1 Å². The van der Waals surface area contributed by atoms with Gasteiger partial charge in [-0.15, -0.1) is 10.2 Å². The first kappa shape index (κ1) is 17.6. The maximum absolute atomic E-state index is 12.4. The van der Waals surface area contributed by atoms with Crippen molar-refractivity contribution >= 4 is 39.8 Å². The van der Waals surface area contributed by atoms with Crippen molar-refractivity contribution in [3.05, 3.63) is 45.3 Å². The summed E-state index contributed by atoms with van der Waals surface area (Å²) in [5.41, 5.74) is 0.316. The summed E-state index contributed by atoms with van der Waals surface area (Å²) in [6.45, 7) is 4.21. The first-order chi connectivity index (χ1) is 12.1. The molecule has 7 nitrogen and oxygen atoms in total. The Morgan fingerprint density at radius 3 is 2.80 bits per heavy atom. The molecule has 130 valence electrons. The van der Waals surface area contributed by atoms with E-state index in [1.165, 1.54) is 11.3 Å². The van der Waals surface area contributed by atoms with E-state index in [4.69, 9.17) is 0 Å². The molecule has 0 saturated carbocycles. The third-order valence-electron chi connectivity index (χ3n) is 3.66. The number of nitrogens with one attached hydrogen (secondary N) is 2. The minimum Gasteiger partial charge on any atom is -0.355 e. The number of amides is 1. The molecule has 1 amide bonds. The molecule has 0 aliphatic carbocycles. The van der Waals surface area contributed by atoms with Crippen LogP contribution in [0, 0.1) is 6.92 Å². The van der Waals surface area contributed by atoms with Crippen molar-refractivity contribution in [2.24, 2.45) is 0 Å². The Labute approximate surface area is 152 Å². The zero-order chi connectivity index (χ0) is 17.8. The number of benzene rings is 1. The third kappa shape index (κ3) is 4.05. The van der Waals surface area contributed by atoms with Crippen LogP contribution in [-0.4, -0.2) is 38.6 Å². The number of nitrogens with zero attached hydrogens (tertiary/aromatic N) is 3. The standard InChI is InChI=1S/C16H17N5O2S2/c1-9(13-11-5-3-4-6-12(11)15(23)20-19-13)14(22)17-7-8-24-16-21-18-10(2)25-16/h3-6,9H,7-8H2,1-2H3,(H,17,22)(H,20,23). The van der Waals surface area contributed by atoms with Crippen LogP contribution in [-0.2, 0) is 4.79 Å². The Hall–Kier alpha value is -2.26. The molecule has 1 aromatic carbocycles. The number of aromatic nitrogens is 4. The second-order valence-corrected chi connectivity index (χ2v) is 7.96. The van der Waals surface area contributed by atoms with Gasteiger partial charge in [0.15, 0.2) is 4.34 Å². The summed E-state index contributed by atoms with van der Waals surface area (Å²) >= 11 is 3.10. The van der Waals surface area contributed by atoms with Crippen LogP contribution < -0.4 is 10.9 Å². The van der Waals surface area contributed by atoms with E-state index in [2.05, 4.69) is 25.7 Å². The normalized spacial score (nSPS) is 12.2. The van der Waals surface area contributed by atoms with Crippen molar-refractivity contribution in [3.63, 3.8) is 0 Å². The molecule has 3 rings (SSSR count). The van der Waals surface area contributed by atoms with Crippen molar-refractivity contribution in [1.29, 1.82) is 0 Å². The van der Waals surface area contributed by atoms with Gasteiger partial charge in [0.1, 0.15) is 5.01 Å². The predicted molar refractivity (Wildman–Crippen MR) is 99.2 cm³/mol. The number of aryl methyl sites for hydroxylation is 1. The van der Waals surface area contributed by atoms with E-state index in [0.29, 0.717) is 28.8 Å². The van der Waals surface area contributed by atoms with E-state index in [-0.39, 0.29) is 11.5 Å². The number of carbonyl (C=O) groups excluding carboxylic acids is 1. The quantitative estimate of drug-likeness (QED) is 0.505. The summed E-state index contributed by atoms with van der Waals surface area (Å²) in [6.07, 6.45) is 0. The lowest BCUT2D eigenvalue weighted by atomic mass is 10.0. The van der Waals surface area contributed by atoms with Crippen molar-refractivity contribution < 1.29 is 4.79 Å². The highest BCUT2D eigenvalue weighted by Crippen LogP contribution is 2.22. The molecule has 0 saturated heterocycles. The molecule has 2 N–H and O–H groups in total. The lowest BCUT2D eigenvalue weighted by molar-refractivity contribution is -0.122. The summed E-state index contributed by atoms with van der Waals surface area (Å²) in [7, 11) is 0. The van der Waals surface area contributed by atoms with Gasteiger partial charge in [0.2, 0.25) is 5.91 Å². The summed E-state index contributed by atoms with van der Waals surface area (Å²) in [5.74, 6) is 0.127. The highest BCUT2D eigenvalue weighted by Gasteiger charge is 2.20. The van der Waals surface area contributed by atoms with Crippen molar-refractivity contribution in [2.75, 3.05) is 12.3 Å². The summed E-state index contributed by atoms with van der Waals surface area (Å²) in [4.78, 5) is 24.2. The van der Waals surface area contributed by atoms with Crippen LogP contribution in [0.2, 0.25) is 0 Å². The number of H-pyrrole nitrogens is 1. The molecule has 0 bridgehead atoms. The molecular weight excluding hydrogens is 358 g/mol. The van der Waals surface area contributed by atoms with Crippen LogP contribution in [0.3, 0.4) is 0 Å². The van der Waals surface area contributed by atoms with Crippen LogP contribution in [0.4, 0.5) is 0 Å². The fourth-order valence-corrected chi connectivity index (χ4v) is 4.13. The van der Waals surface area contributed by atoms with E-state index in [9.17, 15) is 9.59 Å². The van der Waals surface area contributed by atoms with Gasteiger partial charge < -0.3 is 5.32 Å². The zero-order valence-electron chi connectivity index (χ0n) is 13.8. The monoisotopic (exact) mass is 375 g/mol. The molecule has 1 atom stereocenters. The number of fused-ring (bicyclic) bond motifs is 1. The number of rotatable bonds is 6. The van der Waals surface area contributed by atoms with Gasteiger partial charge in [-0.25, -0.2) is 5.10 Å². The van der Waals surface area contributed by atoms with Crippen LogP contribution in [0.5, 0.6) is 0 Å². The third-order valence-corrected chi connectivity index (χ3v) is 5.64. The topological polar surface area (TPSA) is 101 Å². The number of carbonyl (C=O) groups is 1. The Morgan fingerprint density at radius 2 is 2.08 bits per heavy atom. The van der Waals surface area contributed by atoms with Crippen molar-refractivity contribution in [3.8, 4) is 0 Å². The SMILES string of the molecule is Cc1nnc(SCCNC(=O)C(C)c2n[nH]c(=O)c3ccccc23)s1. The second kappa shape index (κ2) is 7.75. The highest BCUT2D eigenvalue weighted by molar-refractivity contribution is 8.01. The van der Waals surface area contributed by atoms with E-state index in [0.717, 1.165) is 9.35 Å². The Balaban J connectivity index is 1.63. The van der Waals surface area contributed by atoms with Crippen LogP contribution in [0.1, 0.15) is 23.5 Å². The van der Waals surface area contributed by atoms with Gasteiger partial charge in [-0.05, 0) is 19.9 Å². The minimum absolute atomic E-state index is 0.126. The Kier molecular flexibility index (Phi) is 5.44. The highest BCUT2D eigenvalue weighted by atomic mass is 32.2. The fourth-order valence-electron chi connectivity index (χ4n) is 2.39. The Bertz CT molecular complexity index is 953. The molecule has 3 aromatic rings. The average Bonchev–Trinajstić information content (AvgIpc) is 3.04. The smallest absolute Gasteiger partial charge is 0.272 e. The van der Waals surface area contributed by atoms with Crippen LogP contribution >= 0.6 is 23.1 Å². The van der Waals surface area contributed by atoms with Gasteiger partial charge in [0, 0.05) is 17.7 Å². The van der Waals surface area contributed by atoms with E-state index in [1.54, 1.807) is 30.8 Å². The van der Waals surface area contributed by atoms with Gasteiger partial charge in [0.05, 0.1) is 17.0 Å². The molecule has 0 aliphatic heterocycles. The van der Waals surface area contributed by atoms with Gasteiger partial charge in [-0.2, -0.15) is 5.10 Å². The molecule has 0 spiro atoms. The first-order valence-corrected chi connectivity index (χ1v) is 9.54. The fraction of sp³-hybridized carbons (Fsp3) is 0.312. The largest absolute Gasteiger partial charge is 0.355 e. The van der Waals surface area contributed by atoms with Crippen molar-refractivity contribution in [1.82, 2.24) is 25.7 Å². The molecule has 25 heavy (non-hydrogen) atoms. The number of thioether (sulfide) groups is 1. The lowest BCUT2D eigenvalue weighted by Crippen LogP contribution is -2.31. The molecule has 0 radical (unpaired) electrons. The van der Waals surface area contributed by atoms with Gasteiger partial charge in [-0.3, -0.25) is 9.59 Å². The van der Waals surface area contributed by atoms with E-state index in [1.807, 2.05) is 19.1 Å². The van der Waals surface area contributed by atoms with Gasteiger partial charge in [0.25, 0.3) is 5.56 Å². The minimum atomic E-state index is -0.462.